The van der Waals surface area contributed by atoms with Gasteiger partial charge in [-0.15, -0.1) is 0 Å². The lowest BCUT2D eigenvalue weighted by Gasteiger charge is -2.18. The minimum atomic E-state index is -0.568. The molecule has 2 atom stereocenters. The predicted molar refractivity (Wildman–Crippen MR) is 56.5 cm³/mol. The van der Waals surface area contributed by atoms with Crippen LogP contribution in [0.2, 0.25) is 0 Å². The van der Waals surface area contributed by atoms with E-state index in [1.165, 1.54) is 7.11 Å². The van der Waals surface area contributed by atoms with E-state index in [0.29, 0.717) is 6.54 Å². The molecule has 0 radical (unpaired) electrons. The van der Waals surface area contributed by atoms with Gasteiger partial charge in [0.25, 0.3) is 0 Å². The molecule has 1 heterocycles. The molecule has 4 nitrogen and oxygen atoms in total. The Balaban J connectivity index is 2.59. The molecule has 0 bridgehead atoms. The van der Waals surface area contributed by atoms with Crippen molar-refractivity contribution >= 4 is 11.8 Å². The standard InChI is InChI=1S/C11H19NO3/c1-4-5-6-12-7-9(11(14)15-3)10(13)8(12)2/h8-9H,4-7H2,1-3H3. The number of nitrogens with zero attached hydrogens (tertiary/aromatic N) is 1. The van der Waals surface area contributed by atoms with E-state index >= 15 is 0 Å². The number of ether oxygens (including phenoxy) is 1. The smallest absolute Gasteiger partial charge is 0.317 e. The monoisotopic (exact) mass is 213 g/mol. The summed E-state index contributed by atoms with van der Waals surface area (Å²) in [6.45, 7) is 5.38. The highest BCUT2D eigenvalue weighted by Crippen LogP contribution is 2.20. The molecule has 0 spiro atoms. The first-order chi connectivity index (χ1) is 7.11. The zero-order valence-electron chi connectivity index (χ0n) is 9.66. The van der Waals surface area contributed by atoms with E-state index in [-0.39, 0.29) is 11.8 Å². The number of rotatable bonds is 4. The fourth-order valence-electron chi connectivity index (χ4n) is 1.93. The van der Waals surface area contributed by atoms with Crippen LogP contribution in [0.1, 0.15) is 26.7 Å². The highest BCUT2D eigenvalue weighted by atomic mass is 16.5. The second-order valence-electron chi connectivity index (χ2n) is 4.00. The first-order valence-electron chi connectivity index (χ1n) is 5.47. The quantitative estimate of drug-likeness (QED) is 0.513. The van der Waals surface area contributed by atoms with Crippen molar-refractivity contribution in [1.82, 2.24) is 4.90 Å². The maximum atomic E-state index is 11.7. The number of ketones is 1. The molecule has 1 aliphatic heterocycles. The molecule has 2 unspecified atom stereocenters. The van der Waals surface area contributed by atoms with Crippen molar-refractivity contribution in [3.63, 3.8) is 0 Å². The van der Waals surface area contributed by atoms with Crippen LogP contribution in [0.5, 0.6) is 0 Å². The highest BCUT2D eigenvalue weighted by Gasteiger charge is 2.41. The lowest BCUT2D eigenvalue weighted by molar-refractivity contribution is -0.147. The number of Topliss-reactive ketones (excluding diaryl/α,β-unsaturated/α-hetero) is 1. The summed E-state index contributed by atoms with van der Waals surface area (Å²) in [5.74, 6) is -0.967. The molecule has 1 rings (SSSR count). The zero-order chi connectivity index (χ0) is 11.4. The second kappa shape index (κ2) is 5.26. The lowest BCUT2D eigenvalue weighted by Crippen LogP contribution is -2.30. The van der Waals surface area contributed by atoms with Gasteiger partial charge in [-0.05, 0) is 19.9 Å². The second-order valence-corrected chi connectivity index (χ2v) is 4.00. The number of carbonyl (C=O) groups excluding carboxylic acids is 2. The minimum Gasteiger partial charge on any atom is -0.468 e. The van der Waals surface area contributed by atoms with Crippen LogP contribution in [0.4, 0.5) is 0 Å². The van der Waals surface area contributed by atoms with E-state index in [1.54, 1.807) is 0 Å². The van der Waals surface area contributed by atoms with E-state index < -0.39 is 11.9 Å². The molecule has 1 saturated heterocycles. The van der Waals surface area contributed by atoms with Gasteiger partial charge in [0.15, 0.2) is 5.78 Å². The summed E-state index contributed by atoms with van der Waals surface area (Å²) in [4.78, 5) is 25.1. The molecule has 1 aliphatic rings. The van der Waals surface area contributed by atoms with Crippen LogP contribution in [-0.4, -0.2) is 42.9 Å². The first-order valence-corrected chi connectivity index (χ1v) is 5.47. The molecule has 0 N–H and O–H groups in total. The molecular weight excluding hydrogens is 194 g/mol. The van der Waals surface area contributed by atoms with Crippen molar-refractivity contribution in [1.29, 1.82) is 0 Å². The largest absolute Gasteiger partial charge is 0.468 e. The molecule has 0 aromatic heterocycles. The van der Waals surface area contributed by atoms with Crippen molar-refractivity contribution in [2.24, 2.45) is 5.92 Å². The van der Waals surface area contributed by atoms with Gasteiger partial charge in [-0.1, -0.05) is 13.3 Å². The van der Waals surface area contributed by atoms with E-state index in [1.807, 2.05) is 6.92 Å². The summed E-state index contributed by atoms with van der Waals surface area (Å²) in [6.07, 6.45) is 2.16. The molecule has 0 amide bonds. The molecule has 0 saturated carbocycles. The normalized spacial score (nSPS) is 27.0. The number of methoxy groups -OCH3 is 1. The average molecular weight is 213 g/mol. The number of hydrogen-bond donors (Lipinski definition) is 0. The fourth-order valence-corrected chi connectivity index (χ4v) is 1.93. The summed E-state index contributed by atoms with van der Waals surface area (Å²) in [5, 5.41) is 0. The van der Waals surface area contributed by atoms with Gasteiger partial charge in [0.1, 0.15) is 5.92 Å². The summed E-state index contributed by atoms with van der Waals surface area (Å²) >= 11 is 0. The first kappa shape index (κ1) is 12.2. The third-order valence-corrected chi connectivity index (χ3v) is 3.00. The van der Waals surface area contributed by atoms with Gasteiger partial charge in [-0.3, -0.25) is 14.5 Å². The molecule has 0 aromatic carbocycles. The van der Waals surface area contributed by atoms with Crippen molar-refractivity contribution < 1.29 is 14.3 Å². The van der Waals surface area contributed by atoms with Crippen LogP contribution >= 0.6 is 0 Å². The Morgan fingerprint density at radius 2 is 2.27 bits per heavy atom. The van der Waals surface area contributed by atoms with Crippen molar-refractivity contribution in [2.45, 2.75) is 32.7 Å². The maximum absolute atomic E-state index is 11.7. The Labute approximate surface area is 90.6 Å². The molecule has 1 fully saturated rings. The Kier molecular flexibility index (Phi) is 4.27. The number of likely N-dealkylation sites (tertiary alicyclic amines) is 1. The van der Waals surface area contributed by atoms with Gasteiger partial charge in [0, 0.05) is 6.54 Å². The Morgan fingerprint density at radius 3 is 2.80 bits per heavy atom. The van der Waals surface area contributed by atoms with Gasteiger partial charge in [-0.25, -0.2) is 0 Å². The van der Waals surface area contributed by atoms with E-state index in [4.69, 9.17) is 0 Å². The lowest BCUT2D eigenvalue weighted by atomic mass is 10.1. The van der Waals surface area contributed by atoms with Crippen molar-refractivity contribution in [3.8, 4) is 0 Å². The summed E-state index contributed by atoms with van der Waals surface area (Å²) in [6, 6.07) is -0.138. The van der Waals surface area contributed by atoms with Gasteiger partial charge in [0.2, 0.25) is 0 Å². The average Bonchev–Trinajstić information content (AvgIpc) is 2.53. The highest BCUT2D eigenvalue weighted by molar-refractivity contribution is 6.03. The number of esters is 1. The Morgan fingerprint density at radius 1 is 1.60 bits per heavy atom. The van der Waals surface area contributed by atoms with E-state index in [0.717, 1.165) is 19.4 Å². The third-order valence-electron chi connectivity index (χ3n) is 3.00. The minimum absolute atomic E-state index is 0.00190. The van der Waals surface area contributed by atoms with Crippen LogP contribution < -0.4 is 0 Å². The zero-order valence-corrected chi connectivity index (χ0v) is 9.66. The van der Waals surface area contributed by atoms with Crippen LogP contribution in [0.25, 0.3) is 0 Å². The van der Waals surface area contributed by atoms with E-state index in [9.17, 15) is 9.59 Å². The van der Waals surface area contributed by atoms with Gasteiger partial charge >= 0.3 is 5.97 Å². The maximum Gasteiger partial charge on any atom is 0.317 e. The summed E-state index contributed by atoms with van der Waals surface area (Å²) in [5.41, 5.74) is 0. The van der Waals surface area contributed by atoms with Crippen molar-refractivity contribution in [3.05, 3.63) is 0 Å². The Hall–Kier alpha value is -0.900. The summed E-state index contributed by atoms with van der Waals surface area (Å²) < 4.78 is 4.62. The Bertz CT molecular complexity index is 252. The molecule has 4 heteroatoms. The topological polar surface area (TPSA) is 46.6 Å². The van der Waals surface area contributed by atoms with E-state index in [2.05, 4.69) is 16.6 Å². The SMILES string of the molecule is CCCCN1CC(C(=O)OC)C(=O)C1C. The van der Waals surface area contributed by atoms with Crippen LogP contribution in [0.15, 0.2) is 0 Å². The molecule has 0 aliphatic carbocycles. The summed E-state index contributed by atoms with van der Waals surface area (Å²) in [7, 11) is 1.33. The third kappa shape index (κ3) is 2.56. The number of unbranched alkanes of at least 4 members (excludes halogenated alkanes) is 1. The predicted octanol–water partition coefficient (Wildman–Crippen LogP) is 0.849. The molecule has 86 valence electrons. The molecule has 15 heavy (non-hydrogen) atoms. The number of hydrogen-bond acceptors (Lipinski definition) is 4. The van der Waals surface area contributed by atoms with Crippen LogP contribution in [0, 0.1) is 5.92 Å². The van der Waals surface area contributed by atoms with Crippen LogP contribution in [-0.2, 0) is 14.3 Å². The van der Waals surface area contributed by atoms with Crippen LogP contribution in [0.3, 0.4) is 0 Å². The number of carbonyl (C=O) groups is 2. The fraction of sp³-hybridized carbons (Fsp3) is 0.818. The van der Waals surface area contributed by atoms with Gasteiger partial charge in [-0.2, -0.15) is 0 Å². The van der Waals surface area contributed by atoms with Gasteiger partial charge in [0.05, 0.1) is 13.2 Å². The molecule has 0 aromatic rings. The van der Waals surface area contributed by atoms with Gasteiger partial charge < -0.3 is 4.74 Å². The van der Waals surface area contributed by atoms with Crippen molar-refractivity contribution in [2.75, 3.05) is 20.2 Å². The molecular formula is C11H19NO3.